The van der Waals surface area contributed by atoms with Gasteiger partial charge in [-0.25, -0.2) is 4.98 Å². The normalized spacial score (nSPS) is 12.3. The monoisotopic (exact) mass is 502 g/mol. The summed E-state index contributed by atoms with van der Waals surface area (Å²) in [5, 5.41) is 0.654. The van der Waals surface area contributed by atoms with Gasteiger partial charge in [0.05, 0.1) is 16.6 Å². The van der Waals surface area contributed by atoms with Crippen molar-refractivity contribution in [2.45, 2.75) is 46.7 Å². The van der Waals surface area contributed by atoms with Gasteiger partial charge in [0.25, 0.3) is 5.91 Å². The third-order valence-electron chi connectivity index (χ3n) is 6.66. The number of amides is 1. The van der Waals surface area contributed by atoms with Gasteiger partial charge in [-0.3, -0.25) is 4.79 Å². The van der Waals surface area contributed by atoms with Crippen LogP contribution in [0, 0.1) is 19.8 Å². The van der Waals surface area contributed by atoms with Crippen molar-refractivity contribution in [3.05, 3.63) is 99.8 Å². The predicted octanol–water partition coefficient (Wildman–Crippen LogP) is 6.54. The van der Waals surface area contributed by atoms with E-state index in [-0.39, 0.29) is 17.9 Å². The minimum atomic E-state index is -0.252. The van der Waals surface area contributed by atoms with E-state index in [4.69, 9.17) is 22.3 Å². The first-order valence-electron chi connectivity index (χ1n) is 12.6. The standard InChI is InChI=1S/C30H35ClN4O/c1-20(2)28(34(18-8-17-32)30(36)24-14-11-21(3)12-15-24)29-33-27-25(16-13-22(4)26(27)31)35(29)19-23-9-6-5-7-10-23/h5-7,9-16,20,28H,8,17-19,32H2,1-4H3. The summed E-state index contributed by atoms with van der Waals surface area (Å²) < 4.78 is 2.22. The number of aromatic nitrogens is 2. The van der Waals surface area contributed by atoms with E-state index in [1.807, 2.05) is 67.3 Å². The van der Waals surface area contributed by atoms with Crippen molar-refractivity contribution in [2.75, 3.05) is 13.1 Å². The zero-order chi connectivity index (χ0) is 25.8. The highest BCUT2D eigenvalue weighted by molar-refractivity contribution is 6.35. The Morgan fingerprint density at radius 1 is 1.03 bits per heavy atom. The molecule has 188 valence electrons. The molecule has 1 unspecified atom stereocenters. The van der Waals surface area contributed by atoms with Gasteiger partial charge in [-0.05, 0) is 62.1 Å². The highest BCUT2D eigenvalue weighted by atomic mass is 35.5. The van der Waals surface area contributed by atoms with Crippen molar-refractivity contribution in [3.8, 4) is 0 Å². The number of aryl methyl sites for hydroxylation is 2. The maximum absolute atomic E-state index is 13.9. The minimum absolute atomic E-state index is 0.0113. The molecule has 0 saturated heterocycles. The summed E-state index contributed by atoms with van der Waals surface area (Å²) in [4.78, 5) is 21.0. The van der Waals surface area contributed by atoms with Crippen LogP contribution in [0.5, 0.6) is 0 Å². The summed E-state index contributed by atoms with van der Waals surface area (Å²) in [5.41, 5.74) is 11.6. The molecule has 0 saturated carbocycles. The second-order valence-corrected chi connectivity index (χ2v) is 10.2. The highest BCUT2D eigenvalue weighted by Gasteiger charge is 2.33. The molecule has 1 amide bonds. The van der Waals surface area contributed by atoms with E-state index in [2.05, 4.69) is 36.6 Å². The highest BCUT2D eigenvalue weighted by Crippen LogP contribution is 2.35. The molecular formula is C30H35ClN4O. The molecular weight excluding hydrogens is 468 g/mol. The van der Waals surface area contributed by atoms with Crippen LogP contribution in [0.4, 0.5) is 0 Å². The van der Waals surface area contributed by atoms with Crippen LogP contribution in [-0.4, -0.2) is 33.4 Å². The fourth-order valence-electron chi connectivity index (χ4n) is 4.72. The van der Waals surface area contributed by atoms with E-state index in [9.17, 15) is 4.79 Å². The molecule has 2 N–H and O–H groups in total. The van der Waals surface area contributed by atoms with E-state index in [1.54, 1.807) is 0 Å². The molecule has 0 bridgehead atoms. The van der Waals surface area contributed by atoms with Gasteiger partial charge in [0.2, 0.25) is 0 Å². The average molecular weight is 503 g/mol. The number of nitrogens with zero attached hydrogens (tertiary/aromatic N) is 3. The van der Waals surface area contributed by atoms with Crippen LogP contribution in [0.2, 0.25) is 5.02 Å². The van der Waals surface area contributed by atoms with Gasteiger partial charge in [0, 0.05) is 18.7 Å². The number of nitrogens with two attached hydrogens (primary N) is 1. The lowest BCUT2D eigenvalue weighted by atomic mass is 9.99. The SMILES string of the molecule is Cc1ccc(C(=O)N(CCCN)C(c2nc3c(Cl)c(C)ccc3n2Cc2ccccc2)C(C)C)cc1. The van der Waals surface area contributed by atoms with Crippen molar-refractivity contribution in [2.24, 2.45) is 11.7 Å². The van der Waals surface area contributed by atoms with Crippen molar-refractivity contribution >= 4 is 28.5 Å². The summed E-state index contributed by atoms with van der Waals surface area (Å²) in [6.07, 6.45) is 0.708. The summed E-state index contributed by atoms with van der Waals surface area (Å²) in [6.45, 7) is 9.99. The molecule has 1 atom stereocenters. The Bertz CT molecular complexity index is 1330. The lowest BCUT2D eigenvalue weighted by Gasteiger charge is -2.34. The third-order valence-corrected chi connectivity index (χ3v) is 7.14. The first kappa shape index (κ1) is 25.9. The van der Waals surface area contributed by atoms with Gasteiger partial charge in [0.15, 0.2) is 0 Å². The average Bonchev–Trinajstić information content (AvgIpc) is 3.22. The van der Waals surface area contributed by atoms with Gasteiger partial charge in [-0.15, -0.1) is 0 Å². The maximum atomic E-state index is 13.9. The fraction of sp³-hybridized carbons (Fsp3) is 0.333. The first-order valence-corrected chi connectivity index (χ1v) is 13.0. The van der Waals surface area contributed by atoms with Crippen LogP contribution in [0.15, 0.2) is 66.7 Å². The summed E-state index contributed by atoms with van der Waals surface area (Å²) in [6, 6.07) is 21.9. The number of halogens is 1. The van der Waals surface area contributed by atoms with E-state index >= 15 is 0 Å². The molecule has 0 aliphatic rings. The lowest BCUT2D eigenvalue weighted by Crippen LogP contribution is -2.40. The molecule has 5 nitrogen and oxygen atoms in total. The number of fused-ring (bicyclic) bond motifs is 1. The van der Waals surface area contributed by atoms with Gasteiger partial charge in [-0.1, -0.05) is 79.5 Å². The van der Waals surface area contributed by atoms with Gasteiger partial charge < -0.3 is 15.2 Å². The van der Waals surface area contributed by atoms with E-state index < -0.39 is 0 Å². The summed E-state index contributed by atoms with van der Waals surface area (Å²) in [7, 11) is 0. The Hall–Kier alpha value is -3.15. The Morgan fingerprint density at radius 3 is 2.36 bits per heavy atom. The van der Waals surface area contributed by atoms with Crippen molar-refractivity contribution in [3.63, 3.8) is 0 Å². The Kier molecular flexibility index (Phi) is 8.12. The van der Waals surface area contributed by atoms with Gasteiger partial charge in [-0.2, -0.15) is 0 Å². The first-order chi connectivity index (χ1) is 17.3. The van der Waals surface area contributed by atoms with Crippen LogP contribution >= 0.6 is 11.6 Å². The molecule has 0 aliphatic heterocycles. The smallest absolute Gasteiger partial charge is 0.254 e. The van der Waals surface area contributed by atoms with Gasteiger partial charge in [0.1, 0.15) is 11.3 Å². The molecule has 4 aromatic rings. The van der Waals surface area contributed by atoms with Gasteiger partial charge >= 0.3 is 0 Å². The number of imidazole rings is 1. The number of carbonyl (C=O) groups is 1. The number of hydrogen-bond acceptors (Lipinski definition) is 3. The number of benzene rings is 3. The second-order valence-electron chi connectivity index (χ2n) is 9.80. The molecule has 6 heteroatoms. The molecule has 0 fully saturated rings. The van der Waals surface area contributed by atoms with Crippen LogP contribution in [0.25, 0.3) is 11.0 Å². The summed E-state index contributed by atoms with van der Waals surface area (Å²) >= 11 is 6.76. The van der Waals surface area contributed by atoms with E-state index in [1.165, 1.54) is 0 Å². The van der Waals surface area contributed by atoms with Crippen molar-refractivity contribution in [1.29, 1.82) is 0 Å². The largest absolute Gasteiger partial charge is 0.330 e. The molecule has 1 aromatic heterocycles. The van der Waals surface area contributed by atoms with Crippen LogP contribution in [-0.2, 0) is 6.54 Å². The van der Waals surface area contributed by atoms with Crippen LogP contribution in [0.3, 0.4) is 0 Å². The molecule has 0 radical (unpaired) electrons. The van der Waals surface area contributed by atoms with Crippen LogP contribution in [0.1, 0.15) is 59.2 Å². The molecule has 36 heavy (non-hydrogen) atoms. The zero-order valence-electron chi connectivity index (χ0n) is 21.5. The van der Waals surface area contributed by atoms with Crippen molar-refractivity contribution < 1.29 is 4.79 Å². The summed E-state index contributed by atoms with van der Waals surface area (Å²) in [5.74, 6) is 0.944. The number of rotatable bonds is 9. The maximum Gasteiger partial charge on any atom is 0.254 e. The third kappa shape index (κ3) is 5.32. The van der Waals surface area contributed by atoms with Crippen molar-refractivity contribution in [1.82, 2.24) is 14.5 Å². The lowest BCUT2D eigenvalue weighted by molar-refractivity contribution is 0.0605. The molecule has 0 aliphatic carbocycles. The quantitative estimate of drug-likeness (QED) is 0.282. The predicted molar refractivity (Wildman–Crippen MR) is 148 cm³/mol. The zero-order valence-corrected chi connectivity index (χ0v) is 22.3. The Morgan fingerprint density at radius 2 is 1.72 bits per heavy atom. The molecule has 0 spiro atoms. The number of carbonyl (C=O) groups excluding carboxylic acids is 1. The minimum Gasteiger partial charge on any atom is -0.330 e. The Labute approximate surface area is 218 Å². The van der Waals surface area contributed by atoms with E-state index in [0.717, 1.165) is 33.5 Å². The molecule has 4 rings (SSSR count). The molecule has 3 aromatic carbocycles. The van der Waals surface area contributed by atoms with Crippen LogP contribution < -0.4 is 5.73 Å². The second kappa shape index (κ2) is 11.3. The van der Waals surface area contributed by atoms with E-state index in [0.29, 0.717) is 36.6 Å². The number of hydrogen-bond donors (Lipinski definition) is 1. The topological polar surface area (TPSA) is 64.2 Å². The molecule has 1 heterocycles. The fourth-order valence-corrected chi connectivity index (χ4v) is 4.93. The Balaban J connectivity index is 1.89.